The van der Waals surface area contributed by atoms with Gasteiger partial charge in [-0.15, -0.1) is 0 Å². The summed E-state index contributed by atoms with van der Waals surface area (Å²) in [6, 6.07) is 3.68. The summed E-state index contributed by atoms with van der Waals surface area (Å²) in [6.45, 7) is 4.95. The van der Waals surface area contributed by atoms with Gasteiger partial charge in [-0.05, 0) is 38.3 Å². The molecule has 2 fully saturated rings. The van der Waals surface area contributed by atoms with Gasteiger partial charge in [-0.1, -0.05) is 0 Å². The first-order valence-corrected chi connectivity index (χ1v) is 9.90. The average molecular weight is 379 g/mol. The Balaban J connectivity index is 1.48. The highest BCUT2D eigenvalue weighted by molar-refractivity contribution is 5.94. The maximum Gasteiger partial charge on any atom is 0.257 e. The molecule has 2 aliphatic heterocycles. The van der Waals surface area contributed by atoms with Gasteiger partial charge < -0.3 is 9.80 Å². The highest BCUT2D eigenvalue weighted by atomic mass is 16.2. The molecule has 0 unspecified atom stereocenters. The summed E-state index contributed by atoms with van der Waals surface area (Å²) in [4.78, 5) is 41.7. The molecule has 1 atom stereocenters. The van der Waals surface area contributed by atoms with Crippen LogP contribution in [-0.2, 0) is 4.79 Å². The van der Waals surface area contributed by atoms with E-state index in [9.17, 15) is 9.59 Å². The number of carbonyl (C=O) groups excluding carboxylic acids is 2. The lowest BCUT2D eigenvalue weighted by atomic mass is 9.73. The van der Waals surface area contributed by atoms with E-state index in [0.717, 1.165) is 44.5 Å². The van der Waals surface area contributed by atoms with Gasteiger partial charge >= 0.3 is 0 Å². The molecular weight excluding hydrogens is 354 g/mol. The summed E-state index contributed by atoms with van der Waals surface area (Å²) < 4.78 is 0. The summed E-state index contributed by atoms with van der Waals surface area (Å²) in [6.07, 6.45) is 10.1. The van der Waals surface area contributed by atoms with Crippen LogP contribution in [0.5, 0.6) is 0 Å². The Labute approximate surface area is 164 Å². The van der Waals surface area contributed by atoms with Gasteiger partial charge in [0.25, 0.3) is 5.91 Å². The van der Waals surface area contributed by atoms with Crippen molar-refractivity contribution >= 4 is 11.8 Å². The monoisotopic (exact) mass is 379 g/mol. The van der Waals surface area contributed by atoms with Crippen LogP contribution < -0.4 is 0 Å². The second kappa shape index (κ2) is 7.66. The minimum atomic E-state index is -0.0275. The molecular formula is C21H25N5O2. The number of pyridine rings is 1. The van der Waals surface area contributed by atoms with E-state index < -0.39 is 0 Å². The van der Waals surface area contributed by atoms with Crippen LogP contribution in [0.2, 0.25) is 0 Å². The Hall–Kier alpha value is -2.83. The first kappa shape index (κ1) is 18.5. The van der Waals surface area contributed by atoms with E-state index in [4.69, 9.17) is 0 Å². The number of aromatic nitrogens is 3. The van der Waals surface area contributed by atoms with Crippen LogP contribution in [0.3, 0.4) is 0 Å². The van der Waals surface area contributed by atoms with Gasteiger partial charge in [0.2, 0.25) is 5.91 Å². The Morgan fingerprint density at radius 2 is 1.89 bits per heavy atom. The molecule has 2 saturated heterocycles. The molecule has 0 aliphatic carbocycles. The van der Waals surface area contributed by atoms with Gasteiger partial charge in [0, 0.05) is 68.4 Å². The number of hydrogen-bond donors (Lipinski definition) is 0. The van der Waals surface area contributed by atoms with E-state index in [2.05, 4.69) is 15.0 Å². The van der Waals surface area contributed by atoms with Crippen molar-refractivity contribution < 1.29 is 9.59 Å². The second-order valence-corrected chi connectivity index (χ2v) is 7.77. The number of nitrogens with zero attached hydrogens (tertiary/aromatic N) is 5. The minimum Gasteiger partial charge on any atom is -0.342 e. The highest BCUT2D eigenvalue weighted by Gasteiger charge is 2.42. The van der Waals surface area contributed by atoms with Crippen LogP contribution in [0.4, 0.5) is 0 Å². The van der Waals surface area contributed by atoms with Crippen molar-refractivity contribution in [3.05, 3.63) is 42.5 Å². The first-order chi connectivity index (χ1) is 13.6. The number of piperidine rings is 2. The molecule has 1 spiro atoms. The summed E-state index contributed by atoms with van der Waals surface area (Å²) in [5, 5.41) is 0. The predicted molar refractivity (Wildman–Crippen MR) is 104 cm³/mol. The molecule has 7 nitrogen and oxygen atoms in total. The fourth-order valence-electron chi connectivity index (χ4n) is 4.38. The lowest BCUT2D eigenvalue weighted by Crippen LogP contribution is -2.55. The predicted octanol–water partition coefficient (Wildman–Crippen LogP) is 2.40. The third-order valence-corrected chi connectivity index (χ3v) is 5.92. The van der Waals surface area contributed by atoms with Gasteiger partial charge in [0.15, 0.2) is 5.82 Å². The van der Waals surface area contributed by atoms with Crippen molar-refractivity contribution in [2.75, 3.05) is 26.2 Å². The van der Waals surface area contributed by atoms with Gasteiger partial charge in [0.1, 0.15) is 0 Å². The molecule has 4 heterocycles. The lowest BCUT2D eigenvalue weighted by Gasteiger charge is -2.48. The van der Waals surface area contributed by atoms with E-state index in [1.165, 1.54) is 0 Å². The van der Waals surface area contributed by atoms with Crippen molar-refractivity contribution in [2.45, 2.75) is 32.6 Å². The molecule has 2 aromatic rings. The Morgan fingerprint density at radius 1 is 1.14 bits per heavy atom. The van der Waals surface area contributed by atoms with Crippen LogP contribution in [-0.4, -0.2) is 62.7 Å². The number of rotatable bonds is 3. The molecule has 0 aromatic carbocycles. The summed E-state index contributed by atoms with van der Waals surface area (Å²) in [5.74, 6) is 0.787. The van der Waals surface area contributed by atoms with Crippen LogP contribution in [0, 0.1) is 5.41 Å². The topological polar surface area (TPSA) is 79.3 Å². The van der Waals surface area contributed by atoms with Gasteiger partial charge in [-0.2, -0.15) is 0 Å². The second-order valence-electron chi connectivity index (χ2n) is 7.77. The van der Waals surface area contributed by atoms with Gasteiger partial charge in [-0.3, -0.25) is 14.6 Å². The largest absolute Gasteiger partial charge is 0.342 e. The molecule has 2 aliphatic rings. The third kappa shape index (κ3) is 3.61. The maximum atomic E-state index is 13.0. The molecule has 2 amide bonds. The zero-order valence-electron chi connectivity index (χ0n) is 16.2. The molecule has 4 rings (SSSR count). The van der Waals surface area contributed by atoms with Crippen molar-refractivity contribution in [2.24, 2.45) is 5.41 Å². The van der Waals surface area contributed by atoms with Gasteiger partial charge in [-0.25, -0.2) is 9.97 Å². The minimum absolute atomic E-state index is 0.0235. The van der Waals surface area contributed by atoms with Crippen LogP contribution in [0.1, 0.15) is 43.0 Å². The van der Waals surface area contributed by atoms with Crippen molar-refractivity contribution in [1.29, 1.82) is 0 Å². The van der Waals surface area contributed by atoms with Crippen LogP contribution in [0.15, 0.2) is 36.9 Å². The molecule has 2 aromatic heterocycles. The van der Waals surface area contributed by atoms with E-state index >= 15 is 0 Å². The standard InChI is InChI=1S/C21H25N5O2/c1-2-25-14-21(8-4-18(25)27)7-3-11-26(15-21)20(28)17-12-23-19(24-13-17)16-5-9-22-10-6-16/h5-6,9-10,12-13H,2-4,7-8,11,14-15H2,1H3/t21-/m1/s1. The quantitative estimate of drug-likeness (QED) is 0.818. The number of hydrogen-bond acceptors (Lipinski definition) is 5. The zero-order valence-corrected chi connectivity index (χ0v) is 16.2. The SMILES string of the molecule is CCN1C[C@@]2(CCCN(C(=O)c3cnc(-c4ccncc4)nc3)C2)CCC1=O. The van der Waals surface area contributed by atoms with E-state index in [0.29, 0.717) is 24.4 Å². The van der Waals surface area contributed by atoms with E-state index in [1.807, 2.05) is 28.9 Å². The van der Waals surface area contributed by atoms with Crippen molar-refractivity contribution in [3.8, 4) is 11.4 Å². The van der Waals surface area contributed by atoms with Gasteiger partial charge in [0.05, 0.1) is 5.56 Å². The van der Waals surface area contributed by atoms with Crippen molar-refractivity contribution in [1.82, 2.24) is 24.8 Å². The molecule has 28 heavy (non-hydrogen) atoms. The fraction of sp³-hybridized carbons (Fsp3) is 0.476. The first-order valence-electron chi connectivity index (χ1n) is 9.90. The molecule has 0 saturated carbocycles. The van der Waals surface area contributed by atoms with Crippen molar-refractivity contribution in [3.63, 3.8) is 0 Å². The van der Waals surface area contributed by atoms with E-state index in [-0.39, 0.29) is 17.2 Å². The number of likely N-dealkylation sites (tertiary alicyclic amines) is 2. The highest BCUT2D eigenvalue weighted by Crippen LogP contribution is 2.39. The maximum absolute atomic E-state index is 13.0. The zero-order chi connectivity index (χ0) is 19.6. The number of amides is 2. The Kier molecular flexibility index (Phi) is 5.07. The molecule has 0 bridgehead atoms. The summed E-state index contributed by atoms with van der Waals surface area (Å²) in [5.41, 5.74) is 1.40. The number of carbonyl (C=O) groups is 2. The normalized spacial score (nSPS) is 22.5. The fourth-order valence-corrected chi connectivity index (χ4v) is 4.38. The Morgan fingerprint density at radius 3 is 2.61 bits per heavy atom. The summed E-state index contributed by atoms with van der Waals surface area (Å²) >= 11 is 0. The summed E-state index contributed by atoms with van der Waals surface area (Å²) in [7, 11) is 0. The Bertz CT molecular complexity index is 855. The molecule has 0 N–H and O–H groups in total. The van der Waals surface area contributed by atoms with E-state index in [1.54, 1.807) is 24.8 Å². The molecule has 0 radical (unpaired) electrons. The van der Waals surface area contributed by atoms with Crippen LogP contribution >= 0.6 is 0 Å². The molecule has 146 valence electrons. The smallest absolute Gasteiger partial charge is 0.257 e. The average Bonchev–Trinajstić information content (AvgIpc) is 2.76. The third-order valence-electron chi connectivity index (χ3n) is 5.92. The van der Waals surface area contributed by atoms with Crippen LogP contribution in [0.25, 0.3) is 11.4 Å². The lowest BCUT2D eigenvalue weighted by molar-refractivity contribution is -0.138. The molecule has 7 heteroatoms.